The van der Waals surface area contributed by atoms with Gasteiger partial charge >= 0.3 is 0 Å². The minimum Gasteiger partial charge on any atom is -0.381 e. The Morgan fingerprint density at radius 2 is 2.12 bits per heavy atom. The summed E-state index contributed by atoms with van der Waals surface area (Å²) in [6, 6.07) is 11.0. The van der Waals surface area contributed by atoms with E-state index in [0.717, 1.165) is 6.42 Å². The minimum atomic E-state index is 0.183. The Balaban J connectivity index is 2.09. The number of para-hydroxylation sites is 1. The second kappa shape index (κ2) is 5.72. The van der Waals surface area contributed by atoms with Crippen molar-refractivity contribution in [3.63, 3.8) is 0 Å². The van der Waals surface area contributed by atoms with Gasteiger partial charge in [0.2, 0.25) is 0 Å². The lowest BCUT2D eigenvalue weighted by Gasteiger charge is -2.40. The van der Waals surface area contributed by atoms with Crippen molar-refractivity contribution in [2.75, 3.05) is 5.32 Å². The zero-order valence-corrected chi connectivity index (χ0v) is 11.7. The molecule has 92 valence electrons. The van der Waals surface area contributed by atoms with Gasteiger partial charge in [-0.2, -0.15) is 0 Å². The van der Waals surface area contributed by atoms with Crippen LogP contribution in [0.4, 0.5) is 5.69 Å². The second-order valence-corrected chi connectivity index (χ2v) is 6.42. The molecule has 1 aromatic rings. The van der Waals surface area contributed by atoms with E-state index < -0.39 is 0 Å². The number of allylic oxidation sites excluding steroid dienone is 1. The minimum absolute atomic E-state index is 0.183. The van der Waals surface area contributed by atoms with Crippen LogP contribution >= 0.6 is 15.9 Å². The highest BCUT2D eigenvalue weighted by atomic mass is 79.9. The van der Waals surface area contributed by atoms with Gasteiger partial charge in [-0.1, -0.05) is 53.0 Å². The quantitative estimate of drug-likeness (QED) is 0.624. The molecule has 17 heavy (non-hydrogen) atoms. The van der Waals surface area contributed by atoms with Crippen LogP contribution in [-0.2, 0) is 0 Å². The van der Waals surface area contributed by atoms with Gasteiger partial charge < -0.3 is 5.32 Å². The van der Waals surface area contributed by atoms with Crippen LogP contribution in [0, 0.1) is 0 Å². The van der Waals surface area contributed by atoms with Crippen molar-refractivity contribution >= 4 is 21.6 Å². The molecule has 1 N–H and O–H groups in total. The van der Waals surface area contributed by atoms with E-state index in [4.69, 9.17) is 0 Å². The van der Waals surface area contributed by atoms with Gasteiger partial charge in [-0.05, 0) is 31.4 Å². The molecule has 2 heteroatoms. The van der Waals surface area contributed by atoms with Gasteiger partial charge in [-0.25, -0.2) is 0 Å². The molecule has 0 aliphatic heterocycles. The molecule has 1 fully saturated rings. The number of hydrogen-bond donors (Lipinski definition) is 1. The van der Waals surface area contributed by atoms with Crippen molar-refractivity contribution in [2.45, 2.75) is 42.5 Å². The lowest BCUT2D eigenvalue weighted by atomic mass is 9.82. The average Bonchev–Trinajstić information content (AvgIpc) is 2.34. The van der Waals surface area contributed by atoms with Crippen LogP contribution in [-0.4, -0.2) is 10.4 Å². The molecule has 0 spiro atoms. The van der Waals surface area contributed by atoms with E-state index in [1.165, 1.54) is 31.4 Å². The smallest absolute Gasteiger partial charge is 0.0492 e. The number of anilines is 1. The number of hydrogen-bond acceptors (Lipinski definition) is 1. The molecule has 0 heterocycles. The van der Waals surface area contributed by atoms with Crippen LogP contribution < -0.4 is 5.32 Å². The van der Waals surface area contributed by atoms with E-state index >= 15 is 0 Å². The van der Waals surface area contributed by atoms with E-state index in [2.05, 4.69) is 58.2 Å². The summed E-state index contributed by atoms with van der Waals surface area (Å²) in [6.45, 7) is 3.88. The number of nitrogens with one attached hydrogen (secondary N) is 1. The fraction of sp³-hybridized carbons (Fsp3) is 0.467. The molecule has 0 saturated heterocycles. The molecule has 1 saturated carbocycles. The highest BCUT2D eigenvalue weighted by molar-refractivity contribution is 9.10. The monoisotopic (exact) mass is 293 g/mol. The van der Waals surface area contributed by atoms with Crippen molar-refractivity contribution in [3.8, 4) is 0 Å². The zero-order valence-electron chi connectivity index (χ0n) is 10.2. The van der Waals surface area contributed by atoms with Gasteiger partial charge in [-0.3, -0.25) is 0 Å². The predicted octanol–water partition coefficient (Wildman–Crippen LogP) is 4.75. The molecular weight excluding hydrogens is 274 g/mol. The molecule has 0 aromatic heterocycles. The summed E-state index contributed by atoms with van der Waals surface area (Å²) in [5.74, 6) is 0. The first-order valence-corrected chi connectivity index (χ1v) is 7.15. The SMILES string of the molecule is C=CCC1(Br)CCCCC1Nc1ccccc1. The van der Waals surface area contributed by atoms with Gasteiger partial charge in [0.25, 0.3) is 0 Å². The third-order valence-electron chi connectivity index (χ3n) is 3.56. The summed E-state index contributed by atoms with van der Waals surface area (Å²) in [4.78, 5) is 0. The molecule has 2 rings (SSSR count). The van der Waals surface area contributed by atoms with E-state index in [1.54, 1.807) is 0 Å². The third-order valence-corrected chi connectivity index (χ3v) is 4.83. The second-order valence-electron chi connectivity index (χ2n) is 4.84. The number of rotatable bonds is 4. The molecule has 1 aliphatic rings. The Bertz CT molecular complexity index is 362. The molecular formula is C15H20BrN. The summed E-state index contributed by atoms with van der Waals surface area (Å²) >= 11 is 3.95. The van der Waals surface area contributed by atoms with Crippen molar-refractivity contribution in [1.29, 1.82) is 0 Å². The van der Waals surface area contributed by atoms with Crippen molar-refractivity contribution < 1.29 is 0 Å². The van der Waals surface area contributed by atoms with E-state index in [9.17, 15) is 0 Å². The molecule has 2 atom stereocenters. The Morgan fingerprint density at radius 3 is 2.82 bits per heavy atom. The number of alkyl halides is 1. The standard InChI is InChI=1S/C15H20BrN/c1-2-11-15(16)12-7-6-10-14(15)17-13-8-4-3-5-9-13/h2-5,8-9,14,17H,1,6-7,10-12H2. The summed E-state index contributed by atoms with van der Waals surface area (Å²) in [5, 5.41) is 3.66. The number of benzene rings is 1. The topological polar surface area (TPSA) is 12.0 Å². The first-order chi connectivity index (χ1) is 8.24. The Kier molecular flexibility index (Phi) is 4.27. The summed E-state index contributed by atoms with van der Waals surface area (Å²) in [7, 11) is 0. The predicted molar refractivity (Wildman–Crippen MR) is 78.8 cm³/mol. The van der Waals surface area contributed by atoms with Crippen molar-refractivity contribution in [1.82, 2.24) is 0 Å². The lowest BCUT2D eigenvalue weighted by Crippen LogP contribution is -2.44. The van der Waals surface area contributed by atoms with Crippen LogP contribution in [0.2, 0.25) is 0 Å². The van der Waals surface area contributed by atoms with Gasteiger partial charge in [0.1, 0.15) is 0 Å². The third kappa shape index (κ3) is 3.12. The molecule has 0 radical (unpaired) electrons. The first-order valence-electron chi connectivity index (χ1n) is 6.36. The van der Waals surface area contributed by atoms with Crippen LogP contribution in [0.5, 0.6) is 0 Å². The van der Waals surface area contributed by atoms with Crippen LogP contribution in [0.1, 0.15) is 32.1 Å². The number of halogens is 1. The summed E-state index contributed by atoms with van der Waals surface area (Å²) in [6.07, 6.45) is 8.13. The Morgan fingerprint density at radius 1 is 1.35 bits per heavy atom. The maximum atomic E-state index is 3.95. The van der Waals surface area contributed by atoms with Crippen molar-refractivity contribution in [3.05, 3.63) is 43.0 Å². The average molecular weight is 294 g/mol. The summed E-state index contributed by atoms with van der Waals surface area (Å²) < 4.78 is 0.183. The maximum absolute atomic E-state index is 3.95. The van der Waals surface area contributed by atoms with Gasteiger partial charge in [0, 0.05) is 16.1 Å². The van der Waals surface area contributed by atoms with Gasteiger partial charge in [-0.15, -0.1) is 6.58 Å². The van der Waals surface area contributed by atoms with E-state index in [0.29, 0.717) is 6.04 Å². The zero-order chi connectivity index (χ0) is 12.1. The van der Waals surface area contributed by atoms with E-state index in [1.807, 2.05) is 6.08 Å². The summed E-state index contributed by atoms with van der Waals surface area (Å²) in [5.41, 5.74) is 1.22. The van der Waals surface area contributed by atoms with Crippen LogP contribution in [0.25, 0.3) is 0 Å². The molecule has 1 aromatic carbocycles. The fourth-order valence-corrected chi connectivity index (χ4v) is 3.47. The molecule has 0 bridgehead atoms. The molecule has 1 nitrogen and oxygen atoms in total. The highest BCUT2D eigenvalue weighted by Gasteiger charge is 2.37. The molecule has 2 unspecified atom stereocenters. The molecule has 0 amide bonds. The normalized spacial score (nSPS) is 28.6. The van der Waals surface area contributed by atoms with Gasteiger partial charge in [0.05, 0.1) is 0 Å². The van der Waals surface area contributed by atoms with Crippen LogP contribution in [0.15, 0.2) is 43.0 Å². The Labute approximate surface area is 112 Å². The highest BCUT2D eigenvalue weighted by Crippen LogP contribution is 2.40. The molecule has 1 aliphatic carbocycles. The lowest BCUT2D eigenvalue weighted by molar-refractivity contribution is 0.372. The van der Waals surface area contributed by atoms with Crippen molar-refractivity contribution in [2.24, 2.45) is 0 Å². The first kappa shape index (κ1) is 12.7. The van der Waals surface area contributed by atoms with E-state index in [-0.39, 0.29) is 4.32 Å². The maximum Gasteiger partial charge on any atom is 0.0492 e. The van der Waals surface area contributed by atoms with Gasteiger partial charge in [0.15, 0.2) is 0 Å². The fourth-order valence-electron chi connectivity index (χ4n) is 2.62. The largest absolute Gasteiger partial charge is 0.381 e. The Hall–Kier alpha value is -0.760. The van der Waals surface area contributed by atoms with Crippen LogP contribution in [0.3, 0.4) is 0 Å².